The number of aryl methyl sites for hydroxylation is 2. The summed E-state index contributed by atoms with van der Waals surface area (Å²) >= 11 is 6.28. The highest BCUT2D eigenvalue weighted by Gasteiger charge is 2.17. The van der Waals surface area contributed by atoms with Gasteiger partial charge in [-0.25, -0.2) is 9.97 Å². The summed E-state index contributed by atoms with van der Waals surface area (Å²) in [6, 6.07) is 1.57. The predicted octanol–water partition coefficient (Wildman–Crippen LogP) is 1.53. The van der Waals surface area contributed by atoms with E-state index >= 15 is 0 Å². The molecule has 8 heteroatoms. The van der Waals surface area contributed by atoms with Gasteiger partial charge in [0.15, 0.2) is 17.5 Å². The minimum atomic E-state index is -0.0764. The average Bonchev–Trinajstić information content (AvgIpc) is 2.90. The van der Waals surface area contributed by atoms with Crippen molar-refractivity contribution in [1.82, 2.24) is 19.7 Å². The van der Waals surface area contributed by atoms with Crippen LogP contribution in [-0.4, -0.2) is 30.8 Å². The number of amidine groups is 1. The van der Waals surface area contributed by atoms with E-state index in [1.54, 1.807) is 10.7 Å². The number of pyridine rings is 1. The second kappa shape index (κ2) is 5.87. The van der Waals surface area contributed by atoms with Gasteiger partial charge in [-0.3, -0.25) is 0 Å². The van der Waals surface area contributed by atoms with Gasteiger partial charge in [0.2, 0.25) is 0 Å². The fourth-order valence-corrected chi connectivity index (χ4v) is 2.06. The fraction of sp³-hybridized carbons (Fsp3) is 0.333. The van der Waals surface area contributed by atoms with Crippen molar-refractivity contribution in [2.24, 2.45) is 10.9 Å². The lowest BCUT2D eigenvalue weighted by molar-refractivity contribution is 0.318. The summed E-state index contributed by atoms with van der Waals surface area (Å²) in [7, 11) is 0. The van der Waals surface area contributed by atoms with Gasteiger partial charge in [-0.2, -0.15) is 4.68 Å². The summed E-state index contributed by atoms with van der Waals surface area (Å²) in [5.41, 5.74) is 5.98. The molecule has 0 unspecified atom stereocenters. The molecule has 0 aromatic carbocycles. The second-order valence-electron chi connectivity index (χ2n) is 4.04. The number of nitrogens with zero attached hydrogens (tertiary/aromatic N) is 5. The molecule has 2 aromatic heterocycles. The zero-order valence-corrected chi connectivity index (χ0v) is 12.0. The zero-order chi connectivity index (χ0) is 14.7. The van der Waals surface area contributed by atoms with Crippen molar-refractivity contribution in [3.8, 4) is 5.82 Å². The SMILES string of the molecule is CCc1nc(CC)n(-c2nccc(/C(N)=N/O)c2Cl)n1. The van der Waals surface area contributed by atoms with Crippen LogP contribution in [0.4, 0.5) is 0 Å². The maximum atomic E-state index is 8.77. The smallest absolute Gasteiger partial charge is 0.175 e. The van der Waals surface area contributed by atoms with Gasteiger partial charge in [0.05, 0.1) is 5.02 Å². The molecular weight excluding hydrogens is 280 g/mol. The third kappa shape index (κ3) is 2.44. The molecule has 2 heterocycles. The predicted molar refractivity (Wildman–Crippen MR) is 75.4 cm³/mol. The molecule has 2 rings (SSSR count). The summed E-state index contributed by atoms with van der Waals surface area (Å²) in [6.45, 7) is 3.95. The Kier molecular flexibility index (Phi) is 4.19. The number of oxime groups is 1. The number of hydrogen-bond acceptors (Lipinski definition) is 5. The summed E-state index contributed by atoms with van der Waals surface area (Å²) in [4.78, 5) is 8.62. The molecule has 0 amide bonds. The molecule has 0 aliphatic rings. The van der Waals surface area contributed by atoms with Crippen LogP contribution in [0, 0.1) is 0 Å². The van der Waals surface area contributed by atoms with Crippen molar-refractivity contribution in [1.29, 1.82) is 0 Å². The van der Waals surface area contributed by atoms with E-state index in [4.69, 9.17) is 22.5 Å². The Balaban J connectivity index is 2.61. The Hall–Kier alpha value is -2.15. The highest BCUT2D eigenvalue weighted by Crippen LogP contribution is 2.23. The molecule has 0 radical (unpaired) electrons. The first-order valence-corrected chi connectivity index (χ1v) is 6.57. The lowest BCUT2D eigenvalue weighted by Gasteiger charge is -2.08. The number of hydrogen-bond donors (Lipinski definition) is 2. The van der Waals surface area contributed by atoms with Gasteiger partial charge in [-0.1, -0.05) is 30.6 Å². The van der Waals surface area contributed by atoms with E-state index in [2.05, 4.69) is 20.2 Å². The van der Waals surface area contributed by atoms with Gasteiger partial charge in [-0.05, 0) is 6.07 Å². The zero-order valence-electron chi connectivity index (χ0n) is 11.2. The van der Waals surface area contributed by atoms with Crippen LogP contribution in [0.15, 0.2) is 17.4 Å². The molecule has 0 bridgehead atoms. The summed E-state index contributed by atoms with van der Waals surface area (Å²) in [5, 5.41) is 16.4. The van der Waals surface area contributed by atoms with Gasteiger partial charge in [0.1, 0.15) is 5.82 Å². The molecule has 3 N–H and O–H groups in total. The van der Waals surface area contributed by atoms with Crippen LogP contribution in [0.25, 0.3) is 5.82 Å². The Morgan fingerprint density at radius 1 is 1.45 bits per heavy atom. The van der Waals surface area contributed by atoms with E-state index in [1.165, 1.54) is 6.20 Å². The van der Waals surface area contributed by atoms with Crippen LogP contribution in [0.5, 0.6) is 0 Å². The van der Waals surface area contributed by atoms with E-state index in [0.29, 0.717) is 23.6 Å². The Morgan fingerprint density at radius 2 is 2.20 bits per heavy atom. The minimum absolute atomic E-state index is 0.0764. The van der Waals surface area contributed by atoms with Crippen LogP contribution in [0.3, 0.4) is 0 Å². The van der Waals surface area contributed by atoms with Crippen molar-refractivity contribution in [3.63, 3.8) is 0 Å². The van der Waals surface area contributed by atoms with Crippen molar-refractivity contribution in [2.75, 3.05) is 0 Å². The van der Waals surface area contributed by atoms with E-state index in [1.807, 2.05) is 13.8 Å². The molecule has 0 aliphatic carbocycles. The molecule has 0 saturated heterocycles. The highest BCUT2D eigenvalue weighted by molar-refractivity contribution is 6.35. The molecule has 7 nitrogen and oxygen atoms in total. The molecule has 0 fully saturated rings. The third-order valence-electron chi connectivity index (χ3n) is 2.81. The standard InChI is InChI=1S/C12H15ClN6O/c1-3-8-16-9(4-2)19(17-8)12-10(13)7(5-6-15-12)11(14)18-20/h5-6,20H,3-4H2,1-2H3,(H2,14,18). The Labute approximate surface area is 121 Å². The largest absolute Gasteiger partial charge is 0.409 e. The van der Waals surface area contributed by atoms with Crippen LogP contribution >= 0.6 is 11.6 Å². The molecule has 0 aliphatic heterocycles. The normalized spacial score (nSPS) is 11.8. The average molecular weight is 295 g/mol. The van der Waals surface area contributed by atoms with Crippen molar-refractivity contribution < 1.29 is 5.21 Å². The first-order valence-electron chi connectivity index (χ1n) is 6.19. The quantitative estimate of drug-likeness (QED) is 0.385. The Bertz CT molecular complexity index is 651. The van der Waals surface area contributed by atoms with E-state index in [-0.39, 0.29) is 10.9 Å². The second-order valence-corrected chi connectivity index (χ2v) is 4.42. The topological polar surface area (TPSA) is 102 Å². The summed E-state index contributed by atoms with van der Waals surface area (Å²) in [5.74, 6) is 1.81. The first-order chi connectivity index (χ1) is 9.62. The molecule has 0 spiro atoms. The monoisotopic (exact) mass is 294 g/mol. The summed E-state index contributed by atoms with van der Waals surface area (Å²) < 4.78 is 1.59. The molecule has 20 heavy (non-hydrogen) atoms. The summed E-state index contributed by atoms with van der Waals surface area (Å²) in [6.07, 6.45) is 2.94. The fourth-order valence-electron chi connectivity index (χ4n) is 1.77. The van der Waals surface area contributed by atoms with Crippen molar-refractivity contribution in [3.05, 3.63) is 34.5 Å². The van der Waals surface area contributed by atoms with E-state index in [0.717, 1.165) is 12.2 Å². The molecule has 0 atom stereocenters. The third-order valence-corrected chi connectivity index (χ3v) is 3.18. The maximum absolute atomic E-state index is 8.77. The van der Waals surface area contributed by atoms with Crippen molar-refractivity contribution >= 4 is 17.4 Å². The number of halogens is 1. The van der Waals surface area contributed by atoms with Gasteiger partial charge in [0, 0.05) is 24.6 Å². The van der Waals surface area contributed by atoms with Crippen LogP contribution < -0.4 is 5.73 Å². The first kappa shape index (κ1) is 14.3. The lowest BCUT2D eigenvalue weighted by Crippen LogP contribution is -2.16. The van der Waals surface area contributed by atoms with Gasteiger partial charge < -0.3 is 10.9 Å². The number of rotatable bonds is 4. The van der Waals surface area contributed by atoms with Crippen LogP contribution in [0.1, 0.15) is 31.1 Å². The van der Waals surface area contributed by atoms with Crippen LogP contribution in [0.2, 0.25) is 5.02 Å². The van der Waals surface area contributed by atoms with Gasteiger partial charge in [-0.15, -0.1) is 5.10 Å². The van der Waals surface area contributed by atoms with Crippen LogP contribution in [-0.2, 0) is 12.8 Å². The maximum Gasteiger partial charge on any atom is 0.175 e. The molecule has 106 valence electrons. The highest BCUT2D eigenvalue weighted by atomic mass is 35.5. The minimum Gasteiger partial charge on any atom is -0.409 e. The van der Waals surface area contributed by atoms with Crippen molar-refractivity contribution in [2.45, 2.75) is 26.7 Å². The molecule has 0 saturated carbocycles. The van der Waals surface area contributed by atoms with Gasteiger partial charge >= 0.3 is 0 Å². The number of aromatic nitrogens is 4. The van der Waals surface area contributed by atoms with E-state index in [9.17, 15) is 0 Å². The number of nitrogens with two attached hydrogens (primary N) is 1. The molecule has 2 aromatic rings. The van der Waals surface area contributed by atoms with Gasteiger partial charge in [0.25, 0.3) is 0 Å². The van der Waals surface area contributed by atoms with E-state index < -0.39 is 0 Å². The molecular formula is C12H15ClN6O. The lowest BCUT2D eigenvalue weighted by atomic mass is 10.2. The Morgan fingerprint density at radius 3 is 2.80 bits per heavy atom.